The van der Waals surface area contributed by atoms with Crippen molar-refractivity contribution < 1.29 is 9.47 Å². The Kier molecular flexibility index (Phi) is 6.57. The van der Waals surface area contributed by atoms with E-state index in [1.54, 1.807) is 0 Å². The van der Waals surface area contributed by atoms with E-state index in [4.69, 9.17) is 9.47 Å². The van der Waals surface area contributed by atoms with Crippen molar-refractivity contribution in [3.63, 3.8) is 0 Å². The molecule has 0 aliphatic rings. The molecule has 0 N–H and O–H groups in total. The fraction of sp³-hybridized carbons (Fsp3) is 0.929. The predicted molar refractivity (Wildman–Crippen MR) is 69.0 cm³/mol. The van der Waals surface area contributed by atoms with Crippen LogP contribution in [0, 0.1) is 17.1 Å². The Hall–Kier alpha value is -0.0800. The predicted octanol–water partition coefficient (Wildman–Crippen LogP) is 4.40. The van der Waals surface area contributed by atoms with Crippen LogP contribution < -0.4 is 0 Å². The summed E-state index contributed by atoms with van der Waals surface area (Å²) in [6, 6.07) is 0. The van der Waals surface area contributed by atoms with E-state index in [2.05, 4.69) is 41.5 Å². The molecule has 0 aromatic heterocycles. The quantitative estimate of drug-likeness (QED) is 0.614. The van der Waals surface area contributed by atoms with Gasteiger partial charge in [-0.05, 0) is 30.6 Å². The van der Waals surface area contributed by atoms with Crippen molar-refractivity contribution in [2.45, 2.75) is 61.3 Å². The van der Waals surface area contributed by atoms with Gasteiger partial charge in [-0.1, -0.05) is 41.5 Å². The number of hydrogen-bond donors (Lipinski definition) is 0. The third-order valence-electron chi connectivity index (χ3n) is 3.25. The van der Waals surface area contributed by atoms with Crippen molar-refractivity contribution in [3.8, 4) is 0 Å². The summed E-state index contributed by atoms with van der Waals surface area (Å²) in [7, 11) is 0. The SMILES string of the molecule is CCC(C)(C)CO[C](C)OCC(C)(C)CC. The summed E-state index contributed by atoms with van der Waals surface area (Å²) in [5.74, 6) is 0. The van der Waals surface area contributed by atoms with Crippen LogP contribution >= 0.6 is 0 Å². The molecule has 16 heavy (non-hydrogen) atoms. The molecule has 2 nitrogen and oxygen atoms in total. The van der Waals surface area contributed by atoms with Crippen LogP contribution in [-0.4, -0.2) is 13.2 Å². The van der Waals surface area contributed by atoms with Gasteiger partial charge in [-0.15, -0.1) is 0 Å². The Morgan fingerprint density at radius 3 is 1.38 bits per heavy atom. The lowest BCUT2D eigenvalue weighted by Gasteiger charge is -2.27. The van der Waals surface area contributed by atoms with Gasteiger partial charge in [-0.25, -0.2) is 0 Å². The lowest BCUT2D eigenvalue weighted by atomic mass is 9.91. The molecule has 0 aromatic rings. The lowest BCUT2D eigenvalue weighted by molar-refractivity contribution is -0.0808. The van der Waals surface area contributed by atoms with Gasteiger partial charge in [-0.3, -0.25) is 0 Å². The van der Waals surface area contributed by atoms with Crippen LogP contribution in [0.4, 0.5) is 0 Å². The summed E-state index contributed by atoms with van der Waals surface area (Å²) in [6.45, 7) is 16.5. The monoisotopic (exact) mass is 229 g/mol. The zero-order valence-electron chi connectivity index (χ0n) is 12.1. The third kappa shape index (κ3) is 7.24. The standard InChI is InChI=1S/C14H29O2/c1-8-13(4,5)10-15-12(3)16-11-14(6,7)9-2/h8-11H2,1-7H3. The highest BCUT2D eigenvalue weighted by atomic mass is 16.7. The zero-order valence-corrected chi connectivity index (χ0v) is 12.1. The first-order valence-corrected chi connectivity index (χ1v) is 6.31. The molecule has 0 bridgehead atoms. The van der Waals surface area contributed by atoms with Crippen LogP contribution in [0.3, 0.4) is 0 Å². The molecule has 0 spiro atoms. The second-order valence-electron chi connectivity index (χ2n) is 6.10. The summed E-state index contributed by atoms with van der Waals surface area (Å²) >= 11 is 0. The second kappa shape index (κ2) is 6.61. The molecule has 0 fully saturated rings. The molecule has 0 amide bonds. The van der Waals surface area contributed by atoms with Gasteiger partial charge < -0.3 is 9.47 Å². The minimum absolute atomic E-state index is 0.227. The Labute approximate surface area is 102 Å². The second-order valence-corrected chi connectivity index (χ2v) is 6.10. The molecule has 0 unspecified atom stereocenters. The molecule has 1 radical (unpaired) electrons. The molecule has 0 rings (SSSR count). The molecule has 97 valence electrons. The van der Waals surface area contributed by atoms with Crippen molar-refractivity contribution in [2.24, 2.45) is 10.8 Å². The average Bonchev–Trinajstić information content (AvgIpc) is 2.24. The molecule has 0 saturated heterocycles. The van der Waals surface area contributed by atoms with Crippen molar-refractivity contribution in [3.05, 3.63) is 6.29 Å². The Balaban J connectivity index is 3.79. The Morgan fingerprint density at radius 1 is 0.812 bits per heavy atom. The van der Waals surface area contributed by atoms with Crippen molar-refractivity contribution in [2.75, 3.05) is 13.2 Å². The Bertz CT molecular complexity index is 165. The van der Waals surface area contributed by atoms with E-state index in [0.29, 0.717) is 6.29 Å². The molecule has 0 atom stereocenters. The fourth-order valence-electron chi connectivity index (χ4n) is 0.840. The van der Waals surface area contributed by atoms with Crippen LogP contribution in [0.1, 0.15) is 61.3 Å². The van der Waals surface area contributed by atoms with E-state index in [1.807, 2.05) is 6.92 Å². The first-order chi connectivity index (χ1) is 7.22. The van der Waals surface area contributed by atoms with Gasteiger partial charge in [0.05, 0.1) is 13.2 Å². The third-order valence-corrected chi connectivity index (χ3v) is 3.25. The number of ether oxygens (including phenoxy) is 2. The number of hydrogen-bond acceptors (Lipinski definition) is 2. The van der Waals surface area contributed by atoms with Gasteiger partial charge >= 0.3 is 0 Å². The average molecular weight is 229 g/mol. The topological polar surface area (TPSA) is 18.5 Å². The maximum absolute atomic E-state index is 5.63. The summed E-state index contributed by atoms with van der Waals surface area (Å²) in [6.07, 6.45) is 2.92. The van der Waals surface area contributed by atoms with Gasteiger partial charge in [0.1, 0.15) is 0 Å². The van der Waals surface area contributed by atoms with Crippen molar-refractivity contribution >= 4 is 0 Å². The zero-order chi connectivity index (χ0) is 12.8. The van der Waals surface area contributed by atoms with Gasteiger partial charge in [0.2, 0.25) is 6.29 Å². The van der Waals surface area contributed by atoms with E-state index >= 15 is 0 Å². The fourth-order valence-corrected chi connectivity index (χ4v) is 0.840. The first kappa shape index (κ1) is 15.9. The summed E-state index contributed by atoms with van der Waals surface area (Å²) in [5.41, 5.74) is 0.454. The minimum Gasteiger partial charge on any atom is -0.345 e. The molecule has 2 heteroatoms. The molecule has 0 aliphatic carbocycles. The summed E-state index contributed by atoms with van der Waals surface area (Å²) in [4.78, 5) is 0. The highest BCUT2D eigenvalue weighted by Gasteiger charge is 2.20. The maximum atomic E-state index is 5.63. The molecule has 0 saturated carbocycles. The lowest BCUT2D eigenvalue weighted by Crippen LogP contribution is -2.23. The van der Waals surface area contributed by atoms with Crippen LogP contribution in [0.2, 0.25) is 0 Å². The highest BCUT2D eigenvalue weighted by molar-refractivity contribution is 4.70. The van der Waals surface area contributed by atoms with E-state index in [1.165, 1.54) is 0 Å². The van der Waals surface area contributed by atoms with E-state index in [-0.39, 0.29) is 10.8 Å². The van der Waals surface area contributed by atoms with Crippen LogP contribution in [0.15, 0.2) is 0 Å². The normalized spacial score (nSPS) is 13.5. The van der Waals surface area contributed by atoms with E-state index in [0.717, 1.165) is 26.1 Å². The van der Waals surface area contributed by atoms with Crippen LogP contribution in [0.5, 0.6) is 0 Å². The van der Waals surface area contributed by atoms with Gasteiger partial charge in [0, 0.05) is 0 Å². The molecular weight excluding hydrogens is 200 g/mol. The highest BCUT2D eigenvalue weighted by Crippen LogP contribution is 2.24. The Morgan fingerprint density at radius 2 is 1.12 bits per heavy atom. The summed E-state index contributed by atoms with van der Waals surface area (Å²) in [5, 5.41) is 0. The van der Waals surface area contributed by atoms with Crippen LogP contribution in [0.25, 0.3) is 0 Å². The maximum Gasteiger partial charge on any atom is 0.220 e. The van der Waals surface area contributed by atoms with Crippen LogP contribution in [-0.2, 0) is 9.47 Å². The largest absolute Gasteiger partial charge is 0.345 e. The van der Waals surface area contributed by atoms with Gasteiger partial charge in [0.15, 0.2) is 0 Å². The molecule has 0 aliphatic heterocycles. The van der Waals surface area contributed by atoms with Crippen molar-refractivity contribution in [1.82, 2.24) is 0 Å². The van der Waals surface area contributed by atoms with Crippen molar-refractivity contribution in [1.29, 1.82) is 0 Å². The van der Waals surface area contributed by atoms with Gasteiger partial charge in [-0.2, -0.15) is 0 Å². The van der Waals surface area contributed by atoms with Gasteiger partial charge in [0.25, 0.3) is 0 Å². The molecule has 0 aromatic carbocycles. The summed E-state index contributed by atoms with van der Waals surface area (Å²) < 4.78 is 11.3. The smallest absolute Gasteiger partial charge is 0.220 e. The number of rotatable bonds is 8. The van der Waals surface area contributed by atoms with E-state index < -0.39 is 0 Å². The van der Waals surface area contributed by atoms with E-state index in [9.17, 15) is 0 Å². The first-order valence-electron chi connectivity index (χ1n) is 6.31. The molecular formula is C14H29O2. The molecule has 0 heterocycles. The minimum atomic E-state index is 0.227.